The summed E-state index contributed by atoms with van der Waals surface area (Å²) in [7, 11) is 11.5. The van der Waals surface area contributed by atoms with E-state index in [1.165, 1.54) is 54.2 Å². The lowest BCUT2D eigenvalue weighted by molar-refractivity contribution is 0.100. The Bertz CT molecular complexity index is 4600. The second kappa shape index (κ2) is 107. The third kappa shape index (κ3) is 79.3. The Hall–Kier alpha value is -14.7. The van der Waals surface area contributed by atoms with Crippen LogP contribution in [0.25, 0.3) is 43.1 Å². The number of benzene rings is 18. The number of fused-ring (bicyclic) bond motifs is 4. The van der Waals surface area contributed by atoms with E-state index >= 15 is 0 Å². The molecule has 0 amide bonds. The van der Waals surface area contributed by atoms with Gasteiger partial charge in [-0.15, -0.1) is 0 Å². The molecule has 8 heteroatoms. The van der Waals surface area contributed by atoms with Crippen molar-refractivity contribution in [2.45, 2.75) is 145 Å². The van der Waals surface area contributed by atoms with Crippen molar-refractivity contribution in [1.82, 2.24) is 0 Å². The first-order valence-electron chi connectivity index (χ1n) is 48.2. The zero-order chi connectivity index (χ0) is 105. The van der Waals surface area contributed by atoms with Crippen molar-refractivity contribution in [3.8, 4) is 17.2 Å². The second-order valence-electron chi connectivity index (χ2n) is 26.1. The normalized spacial score (nSPS) is 8.29. The number of carbonyl (C=O) groups excluding carboxylic acids is 3. The zero-order valence-corrected chi connectivity index (χ0v) is 89.3. The van der Waals surface area contributed by atoms with Gasteiger partial charge < -0.3 is 23.7 Å². The van der Waals surface area contributed by atoms with Gasteiger partial charge in [-0.1, -0.05) is 595 Å². The molecule has 0 bridgehead atoms. The van der Waals surface area contributed by atoms with Gasteiger partial charge in [0.25, 0.3) is 0 Å². The van der Waals surface area contributed by atoms with Crippen LogP contribution in [0.2, 0.25) is 0 Å². The number of Topliss-reactive ketones (excluding diaryl/α,β-unsaturated/α-hetero) is 3. The highest BCUT2D eigenvalue weighted by atomic mass is 16.5. The van der Waals surface area contributed by atoms with Gasteiger partial charge >= 0.3 is 0 Å². The Morgan fingerprint density at radius 1 is 0.144 bits per heavy atom. The van der Waals surface area contributed by atoms with E-state index in [0.717, 1.165) is 33.9 Å². The Morgan fingerprint density at radius 3 is 0.302 bits per heavy atom. The molecular weight excluding hydrogens is 1700 g/mol. The summed E-state index contributed by atoms with van der Waals surface area (Å²) in [6, 6.07) is 168. The van der Waals surface area contributed by atoms with Gasteiger partial charge in [0.1, 0.15) is 17.2 Å². The van der Waals surface area contributed by atoms with E-state index in [2.05, 4.69) is 242 Å². The standard InChI is InChI=1S/4C10H8.3C8H8O.3C7H8O.2C7H8.2C6H6.2C2H6O.8C2H6/c4*1-2-6-10-8-4-3-7-9(10)5-1;3*1-7(9)8-5-3-2-4-6-8;3*1-8-7-5-3-2-4-6-7;2*1-7-5-3-2-4-6-7;2*1-2-4-6-5-3-1;2*1-3-2;8*1-2/h4*1-8H;3*2-6H,1H3;3*2-6H,1H3;2*2-6H,1H3;2*1-6H;2*1-2H3;8*1-2H3. The third-order valence-electron chi connectivity index (χ3n) is 16.3. The smallest absolute Gasteiger partial charge is 0.159 e. The van der Waals surface area contributed by atoms with E-state index in [9.17, 15) is 14.4 Å². The van der Waals surface area contributed by atoms with Crippen molar-refractivity contribution in [2.75, 3.05) is 49.8 Å². The minimum absolute atomic E-state index is 0.121. The van der Waals surface area contributed by atoms with Crippen molar-refractivity contribution in [2.24, 2.45) is 0 Å². The Morgan fingerprint density at radius 2 is 0.230 bits per heavy atom. The summed E-state index contributed by atoms with van der Waals surface area (Å²) in [6.45, 7) is 40.9. The number of ether oxygens (including phenoxy) is 5. The molecule has 0 radical (unpaired) electrons. The monoisotopic (exact) mass is 1870 g/mol. The first-order chi connectivity index (χ1) is 68.2. The van der Waals surface area contributed by atoms with E-state index < -0.39 is 0 Å². The molecule has 0 aliphatic heterocycles. The molecule has 0 heterocycles. The molecule has 740 valence electrons. The molecule has 0 spiro atoms. The Kier molecular flexibility index (Phi) is 104. The highest BCUT2D eigenvalue weighted by Crippen LogP contribution is 2.16. The molecule has 0 unspecified atom stereocenters. The summed E-state index contributed by atoms with van der Waals surface area (Å²) in [4.78, 5) is 31.9. The van der Waals surface area contributed by atoms with Crippen molar-refractivity contribution in [3.05, 3.63) is 537 Å². The van der Waals surface area contributed by atoms with E-state index in [0.29, 0.717) is 0 Å². The number of para-hydroxylation sites is 3. The highest BCUT2D eigenvalue weighted by molar-refractivity contribution is 5.95. The molecule has 0 fully saturated rings. The molecule has 0 N–H and O–H groups in total. The summed E-state index contributed by atoms with van der Waals surface area (Å²) in [6.07, 6.45) is 0. The predicted octanol–water partition coefficient (Wildman–Crippen LogP) is 38.2. The number of rotatable bonds is 6. The van der Waals surface area contributed by atoms with E-state index in [4.69, 9.17) is 14.2 Å². The lowest BCUT2D eigenvalue weighted by Crippen LogP contribution is -1.88. The molecule has 0 saturated heterocycles. The molecule has 18 aromatic rings. The lowest BCUT2D eigenvalue weighted by atomic mass is 10.1. The van der Waals surface area contributed by atoms with Crippen LogP contribution in [0.4, 0.5) is 0 Å². The second-order valence-corrected chi connectivity index (χ2v) is 26.1. The van der Waals surface area contributed by atoms with Crippen LogP contribution in [0.5, 0.6) is 17.2 Å². The van der Waals surface area contributed by atoms with Crippen LogP contribution < -0.4 is 14.2 Å². The topological polar surface area (TPSA) is 97.4 Å². The predicted molar refractivity (Wildman–Crippen MR) is 616 cm³/mol. The van der Waals surface area contributed by atoms with Crippen LogP contribution in [-0.2, 0) is 9.47 Å². The van der Waals surface area contributed by atoms with Crippen molar-refractivity contribution >= 4 is 60.4 Å². The molecule has 8 nitrogen and oxygen atoms in total. The van der Waals surface area contributed by atoms with E-state index in [1.807, 2.05) is 402 Å². The fourth-order valence-corrected chi connectivity index (χ4v) is 10.1. The fraction of sp³-hybridized carbons (Fsp3) is 0.214. The molecule has 0 aliphatic rings. The number of carbonyl (C=O) groups is 3. The number of ketones is 3. The SMILES string of the molecule is CC.CC.CC.CC.CC.CC.CC.CC.CC(=O)c1ccccc1.CC(=O)c1ccccc1.CC(=O)c1ccccc1.COC.COC.COc1ccccc1.COc1ccccc1.COc1ccccc1.Cc1ccccc1.Cc1ccccc1.c1ccc2ccccc2c1.c1ccc2ccccc2c1.c1ccc2ccccc2c1.c1ccc2ccccc2c1.c1ccccc1.c1ccccc1. The molecule has 139 heavy (non-hydrogen) atoms. The number of hydrogen-bond acceptors (Lipinski definition) is 8. The van der Waals surface area contributed by atoms with Gasteiger partial charge in [0, 0.05) is 45.1 Å². The van der Waals surface area contributed by atoms with E-state index in [1.54, 1.807) is 70.5 Å². The molecule has 0 saturated carbocycles. The summed E-state index contributed by atoms with van der Waals surface area (Å²) in [5, 5.41) is 10.5. The third-order valence-corrected chi connectivity index (χ3v) is 16.3. The van der Waals surface area contributed by atoms with Crippen LogP contribution in [-0.4, -0.2) is 67.1 Å². The van der Waals surface area contributed by atoms with Gasteiger partial charge in [-0.2, -0.15) is 0 Å². The van der Waals surface area contributed by atoms with Crippen LogP contribution >= 0.6 is 0 Å². The van der Waals surface area contributed by atoms with Gasteiger partial charge in [-0.25, -0.2) is 0 Å². The molecule has 0 aromatic heterocycles. The average molecular weight is 1870 g/mol. The van der Waals surface area contributed by atoms with Gasteiger partial charge in [-0.3, -0.25) is 14.4 Å². The van der Waals surface area contributed by atoms with Crippen LogP contribution in [0.1, 0.15) is 174 Å². The maximum absolute atomic E-state index is 10.6. The fourth-order valence-electron chi connectivity index (χ4n) is 10.1. The lowest BCUT2D eigenvalue weighted by Gasteiger charge is -1.93. The number of aryl methyl sites for hydroxylation is 2. The molecule has 0 aliphatic carbocycles. The highest BCUT2D eigenvalue weighted by Gasteiger charge is 1.96. The van der Waals surface area contributed by atoms with Gasteiger partial charge in [0.15, 0.2) is 17.3 Å². The van der Waals surface area contributed by atoms with Crippen molar-refractivity contribution in [3.63, 3.8) is 0 Å². The maximum Gasteiger partial charge on any atom is 0.159 e. The summed E-state index contributed by atoms with van der Waals surface area (Å²) < 4.78 is 23.2. The summed E-state index contributed by atoms with van der Waals surface area (Å²) >= 11 is 0. The average Bonchev–Trinajstić information content (AvgIpc) is 0.881. The van der Waals surface area contributed by atoms with Crippen LogP contribution in [0, 0.1) is 13.8 Å². The first-order valence-corrected chi connectivity index (χ1v) is 48.2. The van der Waals surface area contributed by atoms with Crippen LogP contribution in [0.15, 0.2) is 510 Å². The van der Waals surface area contributed by atoms with Crippen molar-refractivity contribution in [1.29, 1.82) is 0 Å². The Balaban J connectivity index is -0.000000338. The maximum atomic E-state index is 10.6. The largest absolute Gasteiger partial charge is 0.497 e. The number of hydrogen-bond donors (Lipinski definition) is 0. The summed E-state index contributed by atoms with van der Waals surface area (Å²) in [5.41, 5.74) is 4.97. The van der Waals surface area contributed by atoms with E-state index in [-0.39, 0.29) is 17.3 Å². The Labute approximate surface area is 842 Å². The molecule has 0 atom stereocenters. The summed E-state index contributed by atoms with van der Waals surface area (Å²) in [5.74, 6) is 3.09. The minimum atomic E-state index is 0.121. The van der Waals surface area contributed by atoms with Crippen LogP contribution in [0.3, 0.4) is 0 Å². The van der Waals surface area contributed by atoms with Crippen molar-refractivity contribution < 1.29 is 38.1 Å². The zero-order valence-electron chi connectivity index (χ0n) is 89.3. The number of methoxy groups -OCH3 is 5. The molecule has 18 rings (SSSR count). The van der Waals surface area contributed by atoms with Gasteiger partial charge in [0.05, 0.1) is 21.3 Å². The van der Waals surface area contributed by atoms with Gasteiger partial charge in [-0.05, 0) is 114 Å². The van der Waals surface area contributed by atoms with Gasteiger partial charge in [0.2, 0.25) is 0 Å². The quantitative estimate of drug-likeness (QED) is 0.152. The molecular formula is C131H168O8. The molecule has 18 aromatic carbocycles. The minimum Gasteiger partial charge on any atom is -0.497 e. The first kappa shape index (κ1) is 135.